The molecule has 4 heterocycles. The van der Waals surface area contributed by atoms with Gasteiger partial charge in [-0.2, -0.15) is 0 Å². The van der Waals surface area contributed by atoms with Gasteiger partial charge >= 0.3 is 0 Å². The number of fused-ring (bicyclic) bond motifs is 1. The molecule has 0 aromatic carbocycles. The van der Waals surface area contributed by atoms with E-state index >= 15 is 0 Å². The lowest BCUT2D eigenvalue weighted by atomic mass is 9.88. The van der Waals surface area contributed by atoms with E-state index in [1.54, 1.807) is 0 Å². The third-order valence-electron chi connectivity index (χ3n) is 9.52. The summed E-state index contributed by atoms with van der Waals surface area (Å²) in [4.78, 5) is 31.6. The maximum Gasteiger partial charge on any atom is 0.278 e. The summed E-state index contributed by atoms with van der Waals surface area (Å²) in [5.41, 5.74) is 0. The summed E-state index contributed by atoms with van der Waals surface area (Å²) in [5.74, 6) is 1.01. The van der Waals surface area contributed by atoms with Crippen LogP contribution in [-0.4, -0.2) is 104 Å². The molecule has 198 valence electrons. The number of hydrogen-bond acceptors (Lipinski definition) is 4. The second-order valence-corrected chi connectivity index (χ2v) is 11.8. The molecule has 2 amide bonds. The minimum Gasteiger partial charge on any atom is -0.345 e. The fourth-order valence-electron chi connectivity index (χ4n) is 7.27. The minimum atomic E-state index is -0.609. The van der Waals surface area contributed by atoms with Gasteiger partial charge in [-0.25, -0.2) is 4.39 Å². The topological polar surface area (TPSA) is 85.7 Å². The van der Waals surface area contributed by atoms with Crippen molar-refractivity contribution in [2.24, 2.45) is 5.92 Å². The largest absolute Gasteiger partial charge is 0.345 e. The Morgan fingerprint density at radius 2 is 1.91 bits per heavy atom. The molecule has 5 unspecified atom stereocenters. The predicted molar refractivity (Wildman–Crippen MR) is 131 cm³/mol. The Morgan fingerprint density at radius 3 is 2.66 bits per heavy atom. The van der Waals surface area contributed by atoms with Crippen molar-refractivity contribution in [1.29, 1.82) is 0 Å². The normalized spacial score (nSPS) is 38.7. The van der Waals surface area contributed by atoms with E-state index in [0.717, 1.165) is 65.0 Å². The number of carbonyl (C=O) groups excluding carboxylic acids is 2. The maximum absolute atomic E-state index is 13.4. The van der Waals surface area contributed by atoms with Crippen molar-refractivity contribution in [3.8, 4) is 0 Å². The number of nitrogens with zero attached hydrogens (tertiary/aromatic N) is 2. The molecule has 0 aromatic heterocycles. The van der Waals surface area contributed by atoms with Crippen LogP contribution in [0.1, 0.15) is 64.2 Å². The molecule has 1 aliphatic carbocycles. The van der Waals surface area contributed by atoms with Crippen LogP contribution in [-0.2, 0) is 9.59 Å². The number of piperidine rings is 1. The van der Waals surface area contributed by atoms with Crippen LogP contribution in [0.5, 0.6) is 0 Å². The highest BCUT2D eigenvalue weighted by Gasteiger charge is 2.47. The Morgan fingerprint density at radius 1 is 1.11 bits per heavy atom. The maximum atomic E-state index is 13.4. The van der Waals surface area contributed by atoms with E-state index in [4.69, 9.17) is 0 Å². The number of amides is 2. The van der Waals surface area contributed by atoms with Gasteiger partial charge in [0.2, 0.25) is 5.91 Å². The molecular weight excluding hydrogens is 447 g/mol. The Labute approximate surface area is 209 Å². The van der Waals surface area contributed by atoms with E-state index in [1.807, 2.05) is 0 Å². The molecule has 9 heteroatoms. The van der Waals surface area contributed by atoms with Crippen molar-refractivity contribution >= 4 is 11.8 Å². The highest BCUT2D eigenvalue weighted by molar-refractivity contribution is 5.81. The number of rotatable bonds is 7. The molecule has 1 saturated carbocycles. The SMILES string of the molecule is O=C1NCC(CCC(=O)N2CCN(C3CCCC[NH2+]3)CC2)[NH+]2CC(NCC3CCC(F)CC3)CC12. The molecule has 5 fully saturated rings. The third kappa shape index (κ3) is 6.35. The number of piperazine rings is 2. The molecule has 35 heavy (non-hydrogen) atoms. The summed E-state index contributed by atoms with van der Waals surface area (Å²) in [6, 6.07) is 0.650. The van der Waals surface area contributed by atoms with Crippen LogP contribution in [0.3, 0.4) is 0 Å². The van der Waals surface area contributed by atoms with Gasteiger partial charge in [0.1, 0.15) is 18.4 Å². The number of carbonyl (C=O) groups is 2. The van der Waals surface area contributed by atoms with E-state index in [2.05, 4.69) is 25.8 Å². The molecule has 0 aromatic rings. The highest BCUT2D eigenvalue weighted by atomic mass is 19.1. The first-order valence-corrected chi connectivity index (χ1v) is 14.4. The van der Waals surface area contributed by atoms with Crippen molar-refractivity contribution in [3.05, 3.63) is 0 Å². The Hall–Kier alpha value is -1.29. The first-order chi connectivity index (χ1) is 17.1. The molecule has 5 N–H and O–H groups in total. The lowest BCUT2D eigenvalue weighted by Crippen LogP contribution is -3.21. The first kappa shape index (κ1) is 25.4. The van der Waals surface area contributed by atoms with Gasteiger partial charge in [0, 0.05) is 51.9 Å². The zero-order chi connectivity index (χ0) is 24.2. The molecule has 5 rings (SSSR count). The number of nitrogens with one attached hydrogen (secondary N) is 3. The van der Waals surface area contributed by atoms with Gasteiger partial charge in [-0.05, 0) is 51.0 Å². The Kier molecular flexibility index (Phi) is 8.58. The zero-order valence-corrected chi connectivity index (χ0v) is 21.4. The molecule has 5 aliphatic rings. The fourth-order valence-corrected chi connectivity index (χ4v) is 7.27. The summed E-state index contributed by atoms with van der Waals surface area (Å²) < 4.78 is 13.4. The summed E-state index contributed by atoms with van der Waals surface area (Å²) in [7, 11) is 0. The van der Waals surface area contributed by atoms with Crippen molar-refractivity contribution in [2.75, 3.05) is 52.4 Å². The van der Waals surface area contributed by atoms with Gasteiger partial charge in [-0.15, -0.1) is 0 Å². The van der Waals surface area contributed by atoms with E-state index < -0.39 is 6.17 Å². The summed E-state index contributed by atoms with van der Waals surface area (Å²) in [5, 5.41) is 9.30. The van der Waals surface area contributed by atoms with Crippen molar-refractivity contribution in [1.82, 2.24) is 20.4 Å². The second-order valence-electron chi connectivity index (χ2n) is 11.8. The molecule has 0 bridgehead atoms. The van der Waals surface area contributed by atoms with Crippen molar-refractivity contribution in [2.45, 2.75) is 94.7 Å². The Balaban J connectivity index is 1.05. The van der Waals surface area contributed by atoms with Gasteiger partial charge in [0.25, 0.3) is 5.91 Å². The van der Waals surface area contributed by atoms with Crippen LogP contribution in [0.15, 0.2) is 0 Å². The number of nitrogens with two attached hydrogens (primary N) is 1. The summed E-state index contributed by atoms with van der Waals surface area (Å²) >= 11 is 0. The van der Waals surface area contributed by atoms with Gasteiger partial charge in [-0.3, -0.25) is 14.5 Å². The average Bonchev–Trinajstić information content (AvgIpc) is 3.34. The number of quaternary nitrogens is 2. The molecule has 8 nitrogen and oxygen atoms in total. The van der Waals surface area contributed by atoms with E-state index in [1.165, 1.54) is 30.7 Å². The van der Waals surface area contributed by atoms with Crippen LogP contribution in [0.25, 0.3) is 0 Å². The van der Waals surface area contributed by atoms with Crippen LogP contribution in [0.4, 0.5) is 4.39 Å². The van der Waals surface area contributed by atoms with E-state index in [9.17, 15) is 14.0 Å². The predicted octanol–water partition coefficient (Wildman–Crippen LogP) is -1.37. The van der Waals surface area contributed by atoms with Crippen LogP contribution in [0.2, 0.25) is 0 Å². The quantitative estimate of drug-likeness (QED) is 0.352. The molecule has 5 atom stereocenters. The lowest BCUT2D eigenvalue weighted by Gasteiger charge is -2.39. The van der Waals surface area contributed by atoms with Crippen LogP contribution in [0, 0.1) is 5.92 Å². The van der Waals surface area contributed by atoms with Crippen LogP contribution < -0.4 is 20.9 Å². The number of halogens is 1. The first-order valence-electron chi connectivity index (χ1n) is 14.4. The molecule has 0 radical (unpaired) electrons. The van der Waals surface area contributed by atoms with Gasteiger partial charge in [0.05, 0.1) is 25.7 Å². The highest BCUT2D eigenvalue weighted by Crippen LogP contribution is 2.26. The summed E-state index contributed by atoms with van der Waals surface area (Å²) in [6.07, 6.45) is 9.56. The zero-order valence-electron chi connectivity index (χ0n) is 21.4. The van der Waals surface area contributed by atoms with E-state index in [-0.39, 0.29) is 17.9 Å². The summed E-state index contributed by atoms with van der Waals surface area (Å²) in [6.45, 7) is 7.48. The van der Waals surface area contributed by atoms with Gasteiger partial charge in [0.15, 0.2) is 6.04 Å². The Bertz CT molecular complexity index is 719. The number of hydrogen-bond donors (Lipinski definition) is 4. The lowest BCUT2D eigenvalue weighted by molar-refractivity contribution is -0.930. The smallest absolute Gasteiger partial charge is 0.278 e. The second kappa shape index (κ2) is 11.8. The number of alkyl halides is 1. The van der Waals surface area contributed by atoms with E-state index in [0.29, 0.717) is 50.0 Å². The molecule has 4 saturated heterocycles. The third-order valence-corrected chi connectivity index (χ3v) is 9.52. The van der Waals surface area contributed by atoms with Gasteiger partial charge in [-0.1, -0.05) is 0 Å². The molecule has 0 spiro atoms. The molecule has 4 aliphatic heterocycles. The minimum absolute atomic E-state index is 0.00165. The monoisotopic (exact) mass is 494 g/mol. The average molecular weight is 495 g/mol. The molecular formula is C26H47FN6O2+2. The standard InChI is InChI=1S/C26H45FN6O2/c27-20-6-4-19(5-7-20)16-29-21-15-23-26(35)30-17-22(33(23)18-21)8-9-25(34)32-13-11-31(12-14-32)24-3-1-2-10-28-24/h19-24,28-29H,1-18H2,(H,30,35)/p+2. The van der Waals surface area contributed by atoms with Crippen molar-refractivity contribution in [3.63, 3.8) is 0 Å². The van der Waals surface area contributed by atoms with Crippen LogP contribution >= 0.6 is 0 Å². The van der Waals surface area contributed by atoms with Crippen molar-refractivity contribution < 1.29 is 24.2 Å². The van der Waals surface area contributed by atoms with Gasteiger partial charge < -0.3 is 25.8 Å². The fraction of sp³-hybridized carbons (Fsp3) is 0.923.